The summed E-state index contributed by atoms with van der Waals surface area (Å²) in [6.07, 6.45) is 0. The van der Waals surface area contributed by atoms with E-state index in [0.29, 0.717) is 6.54 Å². The van der Waals surface area contributed by atoms with Crippen LogP contribution in [0, 0.1) is 11.6 Å². The van der Waals surface area contributed by atoms with Gasteiger partial charge in [0.25, 0.3) is 0 Å². The van der Waals surface area contributed by atoms with Crippen LogP contribution in [0.4, 0.5) is 13.6 Å². The molecular formula is C19H21F2N3O. The van der Waals surface area contributed by atoms with Gasteiger partial charge in [-0.1, -0.05) is 30.3 Å². The first-order chi connectivity index (χ1) is 12.0. The zero-order valence-electron chi connectivity index (χ0n) is 14.1. The minimum Gasteiger partial charge on any atom is -0.334 e. The Hall–Kier alpha value is -2.47. The van der Waals surface area contributed by atoms with Crippen LogP contribution in [0.25, 0.3) is 0 Å². The lowest BCUT2D eigenvalue weighted by molar-refractivity contribution is 0.108. The highest BCUT2D eigenvalue weighted by Gasteiger charge is 2.30. The Morgan fingerprint density at radius 3 is 2.68 bits per heavy atom. The van der Waals surface area contributed by atoms with Crippen LogP contribution in [0.5, 0.6) is 0 Å². The maximum Gasteiger partial charge on any atom is 0.318 e. The van der Waals surface area contributed by atoms with E-state index in [1.807, 2.05) is 37.4 Å². The van der Waals surface area contributed by atoms with Crippen LogP contribution in [0.2, 0.25) is 0 Å². The highest BCUT2D eigenvalue weighted by atomic mass is 19.1. The fraction of sp³-hybridized carbons (Fsp3) is 0.316. The summed E-state index contributed by atoms with van der Waals surface area (Å²) >= 11 is 0. The Balaban J connectivity index is 1.72. The summed E-state index contributed by atoms with van der Waals surface area (Å²) in [7, 11) is 2.02. The molecule has 0 bridgehead atoms. The standard InChI is InChI=1S/C19H21F2N3O/c1-23-9-10-24(18(13-23)14-5-3-2-4-6-14)19(25)22-12-15-11-16(20)7-8-17(15)21/h2-8,11,18H,9-10,12-13H2,1H3,(H,22,25)/t18-/m1/s1. The van der Waals surface area contributed by atoms with Gasteiger partial charge in [0.1, 0.15) is 11.6 Å². The minimum absolute atomic E-state index is 0.0454. The van der Waals surface area contributed by atoms with Crippen LogP contribution in [0.15, 0.2) is 48.5 Å². The molecule has 1 aliphatic heterocycles. The molecule has 1 saturated heterocycles. The number of amides is 2. The largest absolute Gasteiger partial charge is 0.334 e. The molecule has 1 heterocycles. The fourth-order valence-corrected chi connectivity index (χ4v) is 3.07. The molecule has 0 aliphatic carbocycles. The topological polar surface area (TPSA) is 35.6 Å². The molecule has 2 aromatic carbocycles. The van der Waals surface area contributed by atoms with Crippen LogP contribution in [-0.2, 0) is 6.54 Å². The van der Waals surface area contributed by atoms with Gasteiger partial charge in [-0.3, -0.25) is 0 Å². The van der Waals surface area contributed by atoms with Crippen molar-refractivity contribution in [2.45, 2.75) is 12.6 Å². The van der Waals surface area contributed by atoms with Crippen molar-refractivity contribution in [3.63, 3.8) is 0 Å². The number of urea groups is 1. The van der Waals surface area contributed by atoms with E-state index in [9.17, 15) is 13.6 Å². The third-order valence-corrected chi connectivity index (χ3v) is 4.47. The average molecular weight is 345 g/mol. The number of carbonyl (C=O) groups is 1. The molecule has 0 saturated carbocycles. The lowest BCUT2D eigenvalue weighted by atomic mass is 10.0. The van der Waals surface area contributed by atoms with E-state index in [-0.39, 0.29) is 24.2 Å². The number of piperazine rings is 1. The Bertz CT molecular complexity index is 739. The molecule has 0 aromatic heterocycles. The second-order valence-corrected chi connectivity index (χ2v) is 6.28. The Labute approximate surface area is 146 Å². The Kier molecular flexibility index (Phi) is 5.28. The SMILES string of the molecule is CN1CCN(C(=O)NCc2cc(F)ccc2F)[C@@H](c2ccccc2)C1. The van der Waals surface area contributed by atoms with E-state index in [2.05, 4.69) is 10.2 Å². The maximum absolute atomic E-state index is 13.7. The Morgan fingerprint density at radius 2 is 1.92 bits per heavy atom. The number of hydrogen-bond donors (Lipinski definition) is 1. The molecule has 0 unspecified atom stereocenters. The molecule has 1 N–H and O–H groups in total. The summed E-state index contributed by atoms with van der Waals surface area (Å²) in [5, 5.41) is 2.71. The van der Waals surface area contributed by atoms with Gasteiger partial charge in [-0.25, -0.2) is 13.6 Å². The summed E-state index contributed by atoms with van der Waals surface area (Å²) in [5.41, 5.74) is 1.19. The summed E-state index contributed by atoms with van der Waals surface area (Å²) < 4.78 is 27.0. The van der Waals surface area contributed by atoms with E-state index in [1.54, 1.807) is 4.90 Å². The van der Waals surface area contributed by atoms with E-state index in [0.717, 1.165) is 36.9 Å². The van der Waals surface area contributed by atoms with E-state index >= 15 is 0 Å². The zero-order valence-corrected chi connectivity index (χ0v) is 14.1. The maximum atomic E-state index is 13.7. The highest BCUT2D eigenvalue weighted by Crippen LogP contribution is 2.24. The molecule has 1 fully saturated rings. The minimum atomic E-state index is -0.528. The van der Waals surface area contributed by atoms with Crippen LogP contribution in [-0.4, -0.2) is 42.5 Å². The normalized spacial score (nSPS) is 18.2. The molecule has 4 nitrogen and oxygen atoms in total. The van der Waals surface area contributed by atoms with Crippen molar-refractivity contribution in [2.24, 2.45) is 0 Å². The van der Waals surface area contributed by atoms with Gasteiger partial charge in [0.15, 0.2) is 0 Å². The molecule has 1 aliphatic rings. The second-order valence-electron chi connectivity index (χ2n) is 6.28. The van der Waals surface area contributed by atoms with Gasteiger partial charge in [-0.05, 0) is 30.8 Å². The predicted octanol–water partition coefficient (Wildman–Crippen LogP) is 3.16. The lowest BCUT2D eigenvalue weighted by Gasteiger charge is -2.40. The molecular weight excluding hydrogens is 324 g/mol. The summed E-state index contributed by atoms with van der Waals surface area (Å²) in [4.78, 5) is 16.6. The smallest absolute Gasteiger partial charge is 0.318 e. The number of hydrogen-bond acceptors (Lipinski definition) is 2. The van der Waals surface area contributed by atoms with Crippen molar-refractivity contribution in [1.29, 1.82) is 0 Å². The van der Waals surface area contributed by atoms with Crippen LogP contribution in [0.3, 0.4) is 0 Å². The molecule has 25 heavy (non-hydrogen) atoms. The molecule has 2 aromatic rings. The van der Waals surface area contributed by atoms with Gasteiger partial charge in [0.05, 0.1) is 6.04 Å². The molecule has 0 spiro atoms. The summed E-state index contributed by atoms with van der Waals surface area (Å²) in [6, 6.07) is 12.7. The molecule has 3 rings (SSSR count). The van der Waals surface area contributed by atoms with E-state index < -0.39 is 11.6 Å². The Morgan fingerprint density at radius 1 is 1.16 bits per heavy atom. The number of halogens is 2. The van der Waals surface area contributed by atoms with Gasteiger partial charge < -0.3 is 15.1 Å². The number of carbonyl (C=O) groups excluding carboxylic acids is 1. The summed E-state index contributed by atoms with van der Waals surface area (Å²) in [6.45, 7) is 2.03. The summed E-state index contributed by atoms with van der Waals surface area (Å²) in [5.74, 6) is -1.05. The molecule has 0 radical (unpaired) electrons. The van der Waals surface area contributed by atoms with Crippen molar-refractivity contribution in [2.75, 3.05) is 26.7 Å². The zero-order chi connectivity index (χ0) is 17.8. The van der Waals surface area contributed by atoms with E-state index in [1.165, 1.54) is 0 Å². The molecule has 2 amide bonds. The number of likely N-dealkylation sites (N-methyl/N-ethyl adjacent to an activating group) is 1. The average Bonchev–Trinajstić information content (AvgIpc) is 2.63. The molecule has 132 valence electrons. The third-order valence-electron chi connectivity index (χ3n) is 4.47. The van der Waals surface area contributed by atoms with Crippen LogP contribution < -0.4 is 5.32 Å². The van der Waals surface area contributed by atoms with Gasteiger partial charge in [0.2, 0.25) is 0 Å². The highest BCUT2D eigenvalue weighted by molar-refractivity contribution is 5.75. The number of nitrogens with zero attached hydrogens (tertiary/aromatic N) is 2. The van der Waals surface area contributed by atoms with Crippen molar-refractivity contribution >= 4 is 6.03 Å². The first-order valence-corrected chi connectivity index (χ1v) is 8.26. The van der Waals surface area contributed by atoms with Crippen LogP contribution >= 0.6 is 0 Å². The third kappa shape index (κ3) is 4.14. The van der Waals surface area contributed by atoms with Gasteiger partial charge >= 0.3 is 6.03 Å². The van der Waals surface area contributed by atoms with E-state index in [4.69, 9.17) is 0 Å². The number of benzene rings is 2. The van der Waals surface area contributed by atoms with Crippen molar-refractivity contribution in [3.8, 4) is 0 Å². The first-order valence-electron chi connectivity index (χ1n) is 8.26. The number of rotatable bonds is 3. The van der Waals surface area contributed by atoms with Gasteiger partial charge in [-0.15, -0.1) is 0 Å². The van der Waals surface area contributed by atoms with Gasteiger partial charge in [-0.2, -0.15) is 0 Å². The number of nitrogens with one attached hydrogen (secondary N) is 1. The molecule has 1 atom stereocenters. The second kappa shape index (κ2) is 7.61. The first kappa shape index (κ1) is 17.4. The molecule has 6 heteroatoms. The van der Waals surface area contributed by atoms with Crippen molar-refractivity contribution in [1.82, 2.24) is 15.1 Å². The lowest BCUT2D eigenvalue weighted by Crippen LogP contribution is -2.52. The van der Waals surface area contributed by atoms with Crippen molar-refractivity contribution < 1.29 is 13.6 Å². The van der Waals surface area contributed by atoms with Gasteiger partial charge in [0, 0.05) is 31.7 Å². The van der Waals surface area contributed by atoms with Crippen LogP contribution in [0.1, 0.15) is 17.2 Å². The van der Waals surface area contributed by atoms with Crippen molar-refractivity contribution in [3.05, 3.63) is 71.3 Å². The monoisotopic (exact) mass is 345 g/mol. The predicted molar refractivity (Wildman–Crippen MR) is 92.0 cm³/mol. The quantitative estimate of drug-likeness (QED) is 0.927. The fourth-order valence-electron chi connectivity index (χ4n) is 3.07.